The average Bonchev–Trinajstić information content (AvgIpc) is 3.25. The van der Waals surface area contributed by atoms with E-state index in [1.54, 1.807) is 19.1 Å². The summed E-state index contributed by atoms with van der Waals surface area (Å²) in [7, 11) is 0. The molecule has 1 aliphatic carbocycles. The highest BCUT2D eigenvalue weighted by Gasteiger charge is 2.21. The number of aryl methyl sites for hydroxylation is 2. The van der Waals surface area contributed by atoms with Crippen molar-refractivity contribution in [3.63, 3.8) is 0 Å². The van der Waals surface area contributed by atoms with Gasteiger partial charge in [-0.1, -0.05) is 18.2 Å². The number of fused-ring (bicyclic) bond motifs is 2. The van der Waals surface area contributed by atoms with Crippen molar-refractivity contribution in [3.05, 3.63) is 75.7 Å². The van der Waals surface area contributed by atoms with E-state index in [1.165, 1.54) is 58.3 Å². The van der Waals surface area contributed by atoms with Gasteiger partial charge in [-0.3, -0.25) is 14.2 Å². The van der Waals surface area contributed by atoms with Gasteiger partial charge in [0.15, 0.2) is 0 Å². The van der Waals surface area contributed by atoms with Crippen molar-refractivity contribution in [2.45, 2.75) is 38.6 Å². The first-order valence-corrected chi connectivity index (χ1v) is 11.6. The predicted octanol–water partition coefficient (Wildman–Crippen LogP) is 4.91. The molecule has 2 aromatic heterocycles. The van der Waals surface area contributed by atoms with Gasteiger partial charge in [-0.15, -0.1) is 11.3 Å². The Kier molecular flexibility index (Phi) is 5.27. The number of aromatic nitrogens is 2. The molecule has 0 aliphatic heterocycles. The number of hydrogen-bond donors (Lipinski definition) is 2. The number of carbonyl (C=O) groups excluding carboxylic acids is 1. The monoisotopic (exact) mass is 445 g/mol. The summed E-state index contributed by atoms with van der Waals surface area (Å²) in [6, 6.07) is 11.9. The van der Waals surface area contributed by atoms with Crippen LogP contribution in [0.5, 0.6) is 5.75 Å². The number of phenols is 1. The summed E-state index contributed by atoms with van der Waals surface area (Å²) < 4.78 is 1.38. The van der Waals surface area contributed by atoms with Crippen LogP contribution in [-0.2, 0) is 17.6 Å². The number of nitrogens with one attached hydrogen (secondary N) is 1. The Balaban J connectivity index is 1.50. The van der Waals surface area contributed by atoms with E-state index in [9.17, 15) is 14.7 Å². The Hall–Kier alpha value is -3.45. The van der Waals surface area contributed by atoms with Gasteiger partial charge < -0.3 is 10.4 Å². The number of aromatic hydroxyl groups is 1. The summed E-state index contributed by atoms with van der Waals surface area (Å²) in [4.78, 5) is 31.4. The van der Waals surface area contributed by atoms with E-state index in [0.29, 0.717) is 15.9 Å². The Morgan fingerprint density at radius 3 is 2.66 bits per heavy atom. The zero-order valence-electron chi connectivity index (χ0n) is 17.7. The first-order chi connectivity index (χ1) is 15.5. The SMILES string of the molecule is CC(C(=O)Nc1ccc(O)cc1)n1cnc2scc(-c3ccc4c(c3)CCCC4)c2c1=O. The van der Waals surface area contributed by atoms with E-state index < -0.39 is 6.04 Å². The van der Waals surface area contributed by atoms with Gasteiger partial charge >= 0.3 is 0 Å². The third-order valence-electron chi connectivity index (χ3n) is 6.11. The largest absolute Gasteiger partial charge is 0.508 e. The van der Waals surface area contributed by atoms with Gasteiger partial charge in [-0.05, 0) is 73.6 Å². The van der Waals surface area contributed by atoms with Crippen LogP contribution < -0.4 is 10.9 Å². The molecule has 4 aromatic rings. The Morgan fingerprint density at radius 1 is 1.12 bits per heavy atom. The van der Waals surface area contributed by atoms with E-state index in [2.05, 4.69) is 28.5 Å². The summed E-state index contributed by atoms with van der Waals surface area (Å²) in [6.07, 6.45) is 6.05. The Bertz CT molecular complexity index is 1370. The highest BCUT2D eigenvalue weighted by molar-refractivity contribution is 7.17. The van der Waals surface area contributed by atoms with Crippen LogP contribution in [0.2, 0.25) is 0 Å². The number of nitrogens with zero attached hydrogens (tertiary/aromatic N) is 2. The zero-order valence-corrected chi connectivity index (χ0v) is 18.5. The second kappa shape index (κ2) is 8.24. The van der Waals surface area contributed by atoms with Gasteiger partial charge in [0.2, 0.25) is 5.91 Å². The van der Waals surface area contributed by atoms with Gasteiger partial charge in [0.1, 0.15) is 16.6 Å². The van der Waals surface area contributed by atoms with Crippen LogP contribution in [0.4, 0.5) is 5.69 Å². The highest BCUT2D eigenvalue weighted by atomic mass is 32.1. The van der Waals surface area contributed by atoms with Gasteiger partial charge in [-0.2, -0.15) is 0 Å². The molecule has 6 nitrogen and oxygen atoms in total. The fraction of sp³-hybridized carbons (Fsp3) is 0.240. The molecule has 7 heteroatoms. The molecule has 0 fully saturated rings. The molecule has 0 saturated carbocycles. The molecule has 2 N–H and O–H groups in total. The number of thiophene rings is 1. The topological polar surface area (TPSA) is 84.2 Å². The number of rotatable bonds is 4. The average molecular weight is 446 g/mol. The van der Waals surface area contributed by atoms with E-state index in [1.807, 2.05) is 5.38 Å². The van der Waals surface area contributed by atoms with Crippen molar-refractivity contribution in [2.75, 3.05) is 5.32 Å². The lowest BCUT2D eigenvalue weighted by Gasteiger charge is -2.17. The lowest BCUT2D eigenvalue weighted by molar-refractivity contribution is -0.118. The van der Waals surface area contributed by atoms with Crippen molar-refractivity contribution < 1.29 is 9.90 Å². The second-order valence-electron chi connectivity index (χ2n) is 8.19. The molecule has 32 heavy (non-hydrogen) atoms. The maximum absolute atomic E-state index is 13.4. The molecular formula is C25H23N3O3S. The minimum atomic E-state index is -0.746. The van der Waals surface area contributed by atoms with Gasteiger partial charge in [0.25, 0.3) is 5.56 Å². The van der Waals surface area contributed by atoms with Crippen molar-refractivity contribution >= 4 is 33.1 Å². The number of carbonyl (C=O) groups is 1. The van der Waals surface area contributed by atoms with Gasteiger partial charge in [-0.25, -0.2) is 4.98 Å². The summed E-state index contributed by atoms with van der Waals surface area (Å²) in [6.45, 7) is 1.68. The lowest BCUT2D eigenvalue weighted by atomic mass is 9.89. The highest BCUT2D eigenvalue weighted by Crippen LogP contribution is 2.33. The van der Waals surface area contributed by atoms with Crippen LogP contribution in [0.25, 0.3) is 21.3 Å². The number of benzene rings is 2. The zero-order chi connectivity index (χ0) is 22.2. The molecule has 0 spiro atoms. The molecule has 1 amide bonds. The Morgan fingerprint density at radius 2 is 1.88 bits per heavy atom. The first kappa shape index (κ1) is 20.5. The van der Waals surface area contributed by atoms with E-state index in [-0.39, 0.29) is 17.2 Å². The molecule has 0 saturated heterocycles. The molecule has 1 unspecified atom stereocenters. The fourth-order valence-corrected chi connectivity index (χ4v) is 5.16. The van der Waals surface area contributed by atoms with Crippen molar-refractivity contribution in [1.29, 1.82) is 0 Å². The molecular weight excluding hydrogens is 422 g/mol. The van der Waals surface area contributed by atoms with Crippen LogP contribution in [-0.4, -0.2) is 20.6 Å². The third kappa shape index (κ3) is 3.69. The molecule has 1 atom stereocenters. The molecule has 5 rings (SSSR count). The minimum Gasteiger partial charge on any atom is -0.508 e. The maximum Gasteiger partial charge on any atom is 0.263 e. The van der Waals surface area contributed by atoms with Crippen molar-refractivity contribution in [2.24, 2.45) is 0 Å². The molecule has 0 bridgehead atoms. The fourth-order valence-electron chi connectivity index (χ4n) is 4.25. The standard InChI is InChI=1S/C25H23N3O3S/c1-15(23(30)27-19-8-10-20(29)11-9-19)28-14-26-24-22(25(28)31)21(13-32-24)18-7-6-16-4-2-3-5-17(16)12-18/h6-15,29H,2-5H2,1H3,(H,27,30). The molecule has 1 aliphatic rings. The van der Waals surface area contributed by atoms with Gasteiger partial charge in [0, 0.05) is 16.6 Å². The summed E-state index contributed by atoms with van der Waals surface area (Å²) in [5.74, 6) is -0.210. The number of phenolic OH excluding ortho intramolecular Hbond substituents is 1. The van der Waals surface area contributed by atoms with Crippen LogP contribution in [0.15, 0.2) is 59.0 Å². The van der Waals surface area contributed by atoms with Crippen molar-refractivity contribution in [3.8, 4) is 16.9 Å². The maximum atomic E-state index is 13.4. The van der Waals surface area contributed by atoms with E-state index >= 15 is 0 Å². The quantitative estimate of drug-likeness (QED) is 0.437. The van der Waals surface area contributed by atoms with Gasteiger partial charge in [0.05, 0.1) is 11.7 Å². The van der Waals surface area contributed by atoms with Crippen LogP contribution in [0, 0.1) is 0 Å². The van der Waals surface area contributed by atoms with E-state index in [4.69, 9.17) is 0 Å². The molecule has 162 valence electrons. The predicted molar refractivity (Wildman–Crippen MR) is 127 cm³/mol. The van der Waals surface area contributed by atoms with E-state index in [0.717, 1.165) is 24.0 Å². The van der Waals surface area contributed by atoms with Crippen LogP contribution >= 0.6 is 11.3 Å². The lowest BCUT2D eigenvalue weighted by Crippen LogP contribution is -2.31. The number of anilines is 1. The molecule has 0 radical (unpaired) electrons. The first-order valence-electron chi connectivity index (χ1n) is 10.7. The van der Waals surface area contributed by atoms with Crippen LogP contribution in [0.3, 0.4) is 0 Å². The summed E-state index contributed by atoms with van der Waals surface area (Å²) in [5, 5.41) is 14.7. The normalized spacial score (nSPS) is 14.2. The molecule has 2 heterocycles. The van der Waals surface area contributed by atoms with Crippen molar-refractivity contribution in [1.82, 2.24) is 9.55 Å². The number of hydrogen-bond acceptors (Lipinski definition) is 5. The second-order valence-corrected chi connectivity index (χ2v) is 9.05. The molecule has 2 aromatic carbocycles. The minimum absolute atomic E-state index is 0.120. The summed E-state index contributed by atoms with van der Waals surface area (Å²) >= 11 is 1.44. The summed E-state index contributed by atoms with van der Waals surface area (Å²) in [5.41, 5.74) is 4.98. The third-order valence-corrected chi connectivity index (χ3v) is 7.00. The Labute approximate surface area is 189 Å². The smallest absolute Gasteiger partial charge is 0.263 e. The number of amides is 1. The van der Waals surface area contributed by atoms with Crippen LogP contribution in [0.1, 0.15) is 36.9 Å².